The predicted octanol–water partition coefficient (Wildman–Crippen LogP) is 3.38. The second-order valence-electron chi connectivity index (χ2n) is 10.2. The number of nitrogens with one attached hydrogen (secondary N) is 1. The van der Waals surface area contributed by atoms with E-state index < -0.39 is 5.91 Å². The Hall–Kier alpha value is -2.15. The van der Waals surface area contributed by atoms with E-state index in [1.807, 2.05) is 4.57 Å². The predicted molar refractivity (Wildman–Crippen MR) is 127 cm³/mol. The number of hydrogen-bond acceptors (Lipinski definition) is 5. The summed E-state index contributed by atoms with van der Waals surface area (Å²) in [4.78, 5) is 32.2. The average Bonchev–Trinajstić information content (AvgIpc) is 3.01. The van der Waals surface area contributed by atoms with E-state index in [-0.39, 0.29) is 24.0 Å². The molecule has 1 saturated carbocycles. The Morgan fingerprint density at radius 1 is 1.00 bits per heavy atom. The number of anilines is 1. The maximum absolute atomic E-state index is 13.5. The molecule has 2 bridgehead atoms. The molecule has 0 spiro atoms. The van der Waals surface area contributed by atoms with Crippen molar-refractivity contribution >= 4 is 17.8 Å². The maximum atomic E-state index is 13.5. The lowest BCUT2D eigenvalue weighted by Gasteiger charge is -2.45. The molecule has 1 aromatic rings. The minimum absolute atomic E-state index is 0.0672. The summed E-state index contributed by atoms with van der Waals surface area (Å²) in [5.41, 5.74) is 7.12. The zero-order chi connectivity index (χ0) is 22.1. The van der Waals surface area contributed by atoms with Crippen LogP contribution in [0.4, 0.5) is 5.82 Å². The quantitative estimate of drug-likeness (QED) is 0.734. The van der Waals surface area contributed by atoms with Gasteiger partial charge in [-0.25, -0.2) is 4.98 Å². The molecule has 0 aromatic carbocycles. The van der Waals surface area contributed by atoms with Crippen molar-refractivity contribution < 1.29 is 4.79 Å². The molecule has 1 unspecified atom stereocenters. The Labute approximate surface area is 190 Å². The van der Waals surface area contributed by atoms with E-state index in [0.29, 0.717) is 12.1 Å². The summed E-state index contributed by atoms with van der Waals surface area (Å²) in [6.07, 6.45) is 20.1. The third-order valence-electron chi connectivity index (χ3n) is 8.10. The maximum Gasteiger partial charge on any atom is 0.294 e. The van der Waals surface area contributed by atoms with Crippen LogP contribution in [-0.2, 0) is 11.2 Å². The fraction of sp³-hybridized carbons (Fsp3) is 0.720. The number of amides is 1. The molecule has 1 aromatic heterocycles. The molecular weight excluding hydrogens is 402 g/mol. The number of hydrogen-bond donors (Lipinski definition) is 2. The van der Waals surface area contributed by atoms with Crippen LogP contribution in [0.1, 0.15) is 94.5 Å². The SMILES string of the molecule is NC(=O)CNc1nc2c(n(C3C[C@H]4CC[C@@H](C3)N4C3CCCCCCC3)c1=O)C=CCC2. The highest BCUT2D eigenvalue weighted by atomic mass is 16.1. The van der Waals surface area contributed by atoms with Crippen LogP contribution in [0.15, 0.2) is 10.9 Å². The van der Waals surface area contributed by atoms with E-state index in [1.54, 1.807) is 0 Å². The third kappa shape index (κ3) is 4.24. The molecule has 7 heteroatoms. The minimum atomic E-state index is -0.485. The van der Waals surface area contributed by atoms with Gasteiger partial charge in [0.05, 0.1) is 17.9 Å². The lowest BCUT2D eigenvalue weighted by Crippen LogP contribution is -2.50. The fourth-order valence-electron chi connectivity index (χ4n) is 6.75. The monoisotopic (exact) mass is 439 g/mol. The normalized spacial score (nSPS) is 28.7. The van der Waals surface area contributed by atoms with Crippen LogP contribution in [0.25, 0.3) is 6.08 Å². The van der Waals surface area contributed by atoms with Gasteiger partial charge in [-0.3, -0.25) is 14.5 Å². The number of piperidine rings is 1. The number of primary amides is 1. The van der Waals surface area contributed by atoms with Crippen molar-refractivity contribution in [1.82, 2.24) is 14.5 Å². The number of nitrogens with two attached hydrogens (primary N) is 1. The number of aryl methyl sites for hydroxylation is 1. The van der Waals surface area contributed by atoms with E-state index in [9.17, 15) is 9.59 Å². The molecule has 3 atom stereocenters. The molecule has 174 valence electrons. The summed E-state index contributed by atoms with van der Waals surface area (Å²) in [6.45, 7) is -0.0672. The second kappa shape index (κ2) is 9.38. The van der Waals surface area contributed by atoms with E-state index >= 15 is 0 Å². The number of carbonyl (C=O) groups is 1. The Bertz CT molecular complexity index is 917. The molecule has 5 rings (SSSR count). The van der Waals surface area contributed by atoms with Crippen molar-refractivity contribution in [3.05, 3.63) is 27.8 Å². The van der Waals surface area contributed by atoms with Crippen LogP contribution < -0.4 is 16.6 Å². The lowest BCUT2D eigenvalue weighted by atomic mass is 9.89. The molecule has 3 heterocycles. The van der Waals surface area contributed by atoms with Crippen molar-refractivity contribution in [2.75, 3.05) is 11.9 Å². The lowest BCUT2D eigenvalue weighted by molar-refractivity contribution is -0.116. The highest BCUT2D eigenvalue weighted by molar-refractivity contribution is 5.78. The van der Waals surface area contributed by atoms with Crippen molar-refractivity contribution in [2.45, 2.75) is 108 Å². The van der Waals surface area contributed by atoms with Gasteiger partial charge in [0, 0.05) is 24.2 Å². The van der Waals surface area contributed by atoms with Gasteiger partial charge in [-0.1, -0.05) is 38.2 Å². The van der Waals surface area contributed by atoms with Crippen LogP contribution in [0, 0.1) is 0 Å². The molecule has 3 fully saturated rings. The van der Waals surface area contributed by atoms with Crippen LogP contribution in [0.3, 0.4) is 0 Å². The van der Waals surface area contributed by atoms with E-state index in [2.05, 4.69) is 27.4 Å². The first-order valence-electron chi connectivity index (χ1n) is 12.7. The van der Waals surface area contributed by atoms with Gasteiger partial charge in [-0.2, -0.15) is 0 Å². The molecule has 1 amide bonds. The average molecular weight is 440 g/mol. The summed E-state index contributed by atoms with van der Waals surface area (Å²) >= 11 is 0. The highest BCUT2D eigenvalue weighted by Gasteiger charge is 2.44. The summed E-state index contributed by atoms with van der Waals surface area (Å²) in [7, 11) is 0. The Morgan fingerprint density at radius 3 is 2.38 bits per heavy atom. The second-order valence-corrected chi connectivity index (χ2v) is 10.2. The first-order valence-corrected chi connectivity index (χ1v) is 12.7. The molecule has 7 nitrogen and oxygen atoms in total. The van der Waals surface area contributed by atoms with E-state index in [0.717, 1.165) is 43.1 Å². The van der Waals surface area contributed by atoms with Gasteiger partial charge >= 0.3 is 0 Å². The largest absolute Gasteiger partial charge is 0.368 e. The highest BCUT2D eigenvalue weighted by Crippen LogP contribution is 2.44. The zero-order valence-electron chi connectivity index (χ0n) is 19.1. The van der Waals surface area contributed by atoms with Gasteiger partial charge < -0.3 is 15.6 Å². The summed E-state index contributed by atoms with van der Waals surface area (Å²) in [6, 6.07) is 2.07. The van der Waals surface area contributed by atoms with Crippen LogP contribution >= 0.6 is 0 Å². The van der Waals surface area contributed by atoms with Crippen LogP contribution in [0.5, 0.6) is 0 Å². The van der Waals surface area contributed by atoms with Crippen molar-refractivity contribution in [3.8, 4) is 0 Å². The number of aromatic nitrogens is 2. The minimum Gasteiger partial charge on any atom is -0.368 e. The van der Waals surface area contributed by atoms with Gasteiger partial charge in [-0.15, -0.1) is 0 Å². The molecule has 2 aliphatic heterocycles. The molecule has 2 saturated heterocycles. The summed E-state index contributed by atoms with van der Waals surface area (Å²) in [5, 5.41) is 2.90. The van der Waals surface area contributed by atoms with Gasteiger partial charge in [0.25, 0.3) is 5.56 Å². The fourth-order valence-corrected chi connectivity index (χ4v) is 6.75. The van der Waals surface area contributed by atoms with Crippen molar-refractivity contribution in [2.24, 2.45) is 5.73 Å². The van der Waals surface area contributed by atoms with Gasteiger partial charge in [0.2, 0.25) is 5.91 Å². The van der Waals surface area contributed by atoms with Crippen LogP contribution in [-0.4, -0.2) is 45.0 Å². The first-order chi connectivity index (χ1) is 15.6. The smallest absolute Gasteiger partial charge is 0.294 e. The number of rotatable bonds is 5. The molecule has 32 heavy (non-hydrogen) atoms. The Balaban J connectivity index is 1.42. The van der Waals surface area contributed by atoms with Crippen molar-refractivity contribution in [1.29, 1.82) is 0 Å². The number of allylic oxidation sites excluding steroid dienone is 1. The molecular formula is C25H37N5O2. The van der Waals surface area contributed by atoms with Gasteiger partial charge in [0.15, 0.2) is 5.82 Å². The Morgan fingerprint density at radius 2 is 1.69 bits per heavy atom. The standard InChI is InChI=1S/C25H37N5O2/c26-23(31)16-27-24-25(32)30(22-11-7-6-10-21(22)28-24)20-14-18-12-13-19(15-20)29(18)17-8-4-2-1-3-5-9-17/h7,11,17-20H,1-6,8-10,12-16H2,(H2,26,31)(H,27,28)/t18-,19+,20?. The van der Waals surface area contributed by atoms with E-state index in [4.69, 9.17) is 5.73 Å². The molecule has 3 N–H and O–H groups in total. The van der Waals surface area contributed by atoms with Crippen molar-refractivity contribution in [3.63, 3.8) is 0 Å². The van der Waals surface area contributed by atoms with Crippen LogP contribution in [0.2, 0.25) is 0 Å². The van der Waals surface area contributed by atoms with Gasteiger partial charge in [0.1, 0.15) is 0 Å². The Kier molecular flexibility index (Phi) is 6.35. The molecule has 0 radical (unpaired) electrons. The third-order valence-corrected chi connectivity index (χ3v) is 8.10. The number of nitrogens with zero attached hydrogens (tertiary/aromatic N) is 3. The summed E-state index contributed by atoms with van der Waals surface area (Å²) in [5.74, 6) is -0.214. The summed E-state index contributed by atoms with van der Waals surface area (Å²) < 4.78 is 2.00. The molecule has 4 aliphatic rings. The zero-order valence-corrected chi connectivity index (χ0v) is 19.1. The van der Waals surface area contributed by atoms with Gasteiger partial charge in [-0.05, 0) is 57.4 Å². The number of fused-ring (bicyclic) bond motifs is 3. The number of carbonyl (C=O) groups excluding carboxylic acids is 1. The first kappa shape index (κ1) is 21.7. The topological polar surface area (TPSA) is 93.2 Å². The van der Waals surface area contributed by atoms with E-state index in [1.165, 1.54) is 57.8 Å². The molecule has 2 aliphatic carbocycles.